The van der Waals surface area contributed by atoms with Gasteiger partial charge in [0.15, 0.2) is 5.69 Å². The Balaban J connectivity index is 1.40. The van der Waals surface area contributed by atoms with E-state index in [0.717, 1.165) is 49.2 Å². The Morgan fingerprint density at radius 1 is 1.10 bits per heavy atom. The SMILES string of the molecule is Cc1ccc(-n2nc(C(=O)NCc3ccc4c(c3)CNC4)c3c2CCC3)c(C)c1. The van der Waals surface area contributed by atoms with Crippen LogP contribution in [0.25, 0.3) is 5.69 Å². The van der Waals surface area contributed by atoms with Crippen LogP contribution in [0.3, 0.4) is 0 Å². The van der Waals surface area contributed by atoms with Crippen molar-refractivity contribution in [2.24, 2.45) is 0 Å². The highest BCUT2D eigenvalue weighted by molar-refractivity contribution is 5.94. The molecule has 0 unspecified atom stereocenters. The molecule has 2 aliphatic rings. The van der Waals surface area contributed by atoms with Crippen LogP contribution in [0.2, 0.25) is 0 Å². The first kappa shape index (κ1) is 18.1. The van der Waals surface area contributed by atoms with Gasteiger partial charge in [0.05, 0.1) is 5.69 Å². The van der Waals surface area contributed by atoms with Crippen LogP contribution in [-0.4, -0.2) is 15.7 Å². The second-order valence-corrected chi connectivity index (χ2v) is 8.22. The molecule has 0 radical (unpaired) electrons. The number of hydrogen-bond donors (Lipinski definition) is 2. The van der Waals surface area contributed by atoms with E-state index in [1.807, 2.05) is 4.68 Å². The van der Waals surface area contributed by atoms with Crippen molar-refractivity contribution in [2.45, 2.75) is 52.7 Å². The molecule has 5 nitrogen and oxygen atoms in total. The van der Waals surface area contributed by atoms with E-state index in [4.69, 9.17) is 5.10 Å². The average molecular weight is 386 g/mol. The molecule has 0 saturated carbocycles. The number of amides is 1. The van der Waals surface area contributed by atoms with Crippen molar-refractivity contribution in [1.29, 1.82) is 0 Å². The molecule has 0 saturated heterocycles. The zero-order chi connectivity index (χ0) is 20.0. The minimum Gasteiger partial charge on any atom is -0.347 e. The third-order valence-electron chi connectivity index (χ3n) is 6.08. The van der Waals surface area contributed by atoms with Gasteiger partial charge in [-0.3, -0.25) is 4.79 Å². The van der Waals surface area contributed by atoms with E-state index in [9.17, 15) is 4.79 Å². The number of carbonyl (C=O) groups excluding carboxylic acids is 1. The summed E-state index contributed by atoms with van der Waals surface area (Å²) in [6.07, 6.45) is 2.98. The molecule has 1 aliphatic heterocycles. The number of aryl methyl sites for hydroxylation is 2. The van der Waals surface area contributed by atoms with Crippen LogP contribution in [0.4, 0.5) is 0 Å². The van der Waals surface area contributed by atoms with Crippen molar-refractivity contribution in [3.8, 4) is 5.69 Å². The normalized spacial score (nSPS) is 14.7. The third kappa shape index (κ3) is 3.25. The molecule has 3 aromatic rings. The standard InChI is InChI=1S/C24H26N4O/c1-15-6-9-21(16(2)10-15)28-22-5-3-4-20(22)23(27-28)24(29)26-12-17-7-8-18-13-25-14-19(18)11-17/h6-11,25H,3-5,12-14H2,1-2H3,(H,26,29). The quantitative estimate of drug-likeness (QED) is 0.721. The molecule has 148 valence electrons. The molecule has 2 heterocycles. The summed E-state index contributed by atoms with van der Waals surface area (Å²) in [5.74, 6) is -0.0784. The molecule has 2 aromatic carbocycles. The molecule has 2 N–H and O–H groups in total. The van der Waals surface area contributed by atoms with E-state index in [0.29, 0.717) is 12.2 Å². The number of rotatable bonds is 4. The summed E-state index contributed by atoms with van der Waals surface area (Å²) in [6, 6.07) is 12.8. The van der Waals surface area contributed by atoms with Gasteiger partial charge in [-0.05, 0) is 61.4 Å². The minimum atomic E-state index is -0.0784. The van der Waals surface area contributed by atoms with E-state index in [1.165, 1.54) is 27.9 Å². The van der Waals surface area contributed by atoms with Gasteiger partial charge in [-0.2, -0.15) is 5.10 Å². The molecule has 5 heteroatoms. The lowest BCUT2D eigenvalue weighted by Gasteiger charge is -2.10. The second-order valence-electron chi connectivity index (χ2n) is 8.22. The third-order valence-corrected chi connectivity index (χ3v) is 6.08. The fourth-order valence-corrected chi connectivity index (χ4v) is 4.59. The summed E-state index contributed by atoms with van der Waals surface area (Å²) >= 11 is 0. The number of hydrogen-bond acceptors (Lipinski definition) is 3. The number of nitrogens with zero attached hydrogens (tertiary/aromatic N) is 2. The van der Waals surface area contributed by atoms with Crippen molar-refractivity contribution in [2.75, 3.05) is 0 Å². The molecule has 5 rings (SSSR count). The number of benzene rings is 2. The first-order valence-corrected chi connectivity index (χ1v) is 10.4. The van der Waals surface area contributed by atoms with E-state index >= 15 is 0 Å². The second kappa shape index (κ2) is 7.16. The van der Waals surface area contributed by atoms with Crippen molar-refractivity contribution < 1.29 is 4.79 Å². The highest BCUT2D eigenvalue weighted by atomic mass is 16.1. The topological polar surface area (TPSA) is 59.0 Å². The maximum atomic E-state index is 13.0. The summed E-state index contributed by atoms with van der Waals surface area (Å²) < 4.78 is 1.99. The van der Waals surface area contributed by atoms with Crippen molar-refractivity contribution in [1.82, 2.24) is 20.4 Å². The molecule has 0 bridgehead atoms. The largest absolute Gasteiger partial charge is 0.347 e. The predicted molar refractivity (Wildman–Crippen MR) is 113 cm³/mol. The fourth-order valence-electron chi connectivity index (χ4n) is 4.59. The maximum Gasteiger partial charge on any atom is 0.272 e. The molecular weight excluding hydrogens is 360 g/mol. The van der Waals surface area contributed by atoms with Crippen LogP contribution in [0.15, 0.2) is 36.4 Å². The number of fused-ring (bicyclic) bond motifs is 2. The van der Waals surface area contributed by atoms with Gasteiger partial charge in [-0.25, -0.2) is 4.68 Å². The molecular formula is C24H26N4O. The van der Waals surface area contributed by atoms with Gasteiger partial charge in [-0.15, -0.1) is 0 Å². The summed E-state index contributed by atoms with van der Waals surface area (Å²) in [7, 11) is 0. The monoisotopic (exact) mass is 386 g/mol. The Hall–Kier alpha value is -2.92. The van der Waals surface area contributed by atoms with E-state index in [1.54, 1.807) is 0 Å². The minimum absolute atomic E-state index is 0.0784. The Labute approximate surface area is 171 Å². The lowest BCUT2D eigenvalue weighted by molar-refractivity contribution is 0.0944. The van der Waals surface area contributed by atoms with Gasteiger partial charge >= 0.3 is 0 Å². The molecule has 29 heavy (non-hydrogen) atoms. The van der Waals surface area contributed by atoms with Crippen LogP contribution >= 0.6 is 0 Å². The van der Waals surface area contributed by atoms with Crippen LogP contribution in [-0.2, 0) is 32.5 Å². The Morgan fingerprint density at radius 3 is 2.83 bits per heavy atom. The number of carbonyl (C=O) groups is 1. The fraction of sp³-hybridized carbons (Fsp3) is 0.333. The van der Waals surface area contributed by atoms with Gasteiger partial charge in [0.1, 0.15) is 0 Å². The molecule has 1 aliphatic carbocycles. The maximum absolute atomic E-state index is 13.0. The van der Waals surface area contributed by atoms with Gasteiger partial charge in [0, 0.05) is 30.9 Å². The van der Waals surface area contributed by atoms with Gasteiger partial charge in [0.25, 0.3) is 5.91 Å². The van der Waals surface area contributed by atoms with Crippen molar-refractivity contribution in [3.63, 3.8) is 0 Å². The summed E-state index contributed by atoms with van der Waals surface area (Å²) in [6.45, 7) is 6.57. The highest BCUT2D eigenvalue weighted by Gasteiger charge is 2.27. The summed E-state index contributed by atoms with van der Waals surface area (Å²) in [5.41, 5.74) is 10.2. The molecule has 1 aromatic heterocycles. The Kier molecular flexibility index (Phi) is 4.47. The van der Waals surface area contributed by atoms with Crippen LogP contribution in [0.5, 0.6) is 0 Å². The molecule has 1 amide bonds. The van der Waals surface area contributed by atoms with Crippen LogP contribution in [0.1, 0.15) is 56.0 Å². The first-order valence-electron chi connectivity index (χ1n) is 10.4. The Morgan fingerprint density at radius 2 is 1.97 bits per heavy atom. The highest BCUT2D eigenvalue weighted by Crippen LogP contribution is 2.29. The van der Waals surface area contributed by atoms with Gasteiger partial charge in [0.2, 0.25) is 0 Å². The van der Waals surface area contributed by atoms with Crippen LogP contribution in [0, 0.1) is 13.8 Å². The lowest BCUT2D eigenvalue weighted by atomic mass is 10.1. The van der Waals surface area contributed by atoms with E-state index in [-0.39, 0.29) is 5.91 Å². The van der Waals surface area contributed by atoms with Crippen molar-refractivity contribution >= 4 is 5.91 Å². The Bertz CT molecular complexity index is 1110. The summed E-state index contributed by atoms with van der Waals surface area (Å²) in [4.78, 5) is 13.0. The molecule has 0 spiro atoms. The molecule has 0 fully saturated rings. The van der Waals surface area contributed by atoms with E-state index in [2.05, 4.69) is 60.9 Å². The molecule has 0 atom stereocenters. The first-order chi connectivity index (χ1) is 14.1. The average Bonchev–Trinajstić information content (AvgIpc) is 3.42. The number of aromatic nitrogens is 2. The van der Waals surface area contributed by atoms with Gasteiger partial charge in [-0.1, -0.05) is 35.9 Å². The predicted octanol–water partition coefficient (Wildman–Crippen LogP) is 3.51. The van der Waals surface area contributed by atoms with Gasteiger partial charge < -0.3 is 10.6 Å². The van der Waals surface area contributed by atoms with Crippen molar-refractivity contribution in [3.05, 3.63) is 81.2 Å². The zero-order valence-electron chi connectivity index (χ0n) is 17.0. The number of nitrogens with one attached hydrogen (secondary N) is 2. The smallest absolute Gasteiger partial charge is 0.272 e. The summed E-state index contributed by atoms with van der Waals surface area (Å²) in [5, 5.41) is 11.2. The lowest BCUT2D eigenvalue weighted by Crippen LogP contribution is -2.24. The van der Waals surface area contributed by atoms with Crippen LogP contribution < -0.4 is 10.6 Å². The zero-order valence-corrected chi connectivity index (χ0v) is 17.0. The van der Waals surface area contributed by atoms with E-state index < -0.39 is 0 Å².